The molecule has 5 nitrogen and oxygen atoms in total. The lowest BCUT2D eigenvalue weighted by molar-refractivity contribution is 0.0703. The van der Waals surface area contributed by atoms with Gasteiger partial charge in [-0.2, -0.15) is 0 Å². The van der Waals surface area contributed by atoms with Gasteiger partial charge in [0.1, 0.15) is 11.5 Å². The maximum atomic E-state index is 12.6. The lowest BCUT2D eigenvalue weighted by atomic mass is 9.97. The van der Waals surface area contributed by atoms with Gasteiger partial charge < -0.3 is 9.84 Å². The number of aromatic carboxylic acids is 1. The molecule has 30 heavy (non-hydrogen) atoms. The van der Waals surface area contributed by atoms with Crippen LogP contribution >= 0.6 is 11.3 Å². The van der Waals surface area contributed by atoms with Gasteiger partial charge in [-0.1, -0.05) is 48.5 Å². The zero-order valence-electron chi connectivity index (χ0n) is 16.3. The van der Waals surface area contributed by atoms with E-state index in [1.165, 1.54) is 22.5 Å². The molecule has 1 amide bonds. The minimum Gasteiger partial charge on any atom is -0.477 e. The van der Waals surface area contributed by atoms with Gasteiger partial charge in [-0.05, 0) is 53.5 Å². The molecule has 2 aliphatic carbocycles. The number of nitrogens with one attached hydrogen (secondary N) is 1. The van der Waals surface area contributed by atoms with E-state index in [0.717, 1.165) is 47.3 Å². The van der Waals surface area contributed by atoms with Gasteiger partial charge in [-0.25, -0.2) is 9.59 Å². The molecule has 2 N–H and O–H groups in total. The second kappa shape index (κ2) is 7.61. The van der Waals surface area contributed by atoms with Crippen LogP contribution in [0.25, 0.3) is 11.1 Å². The molecule has 0 aliphatic heterocycles. The Hall–Kier alpha value is -3.12. The number of fused-ring (bicyclic) bond motifs is 4. The van der Waals surface area contributed by atoms with Gasteiger partial charge in [-0.3, -0.25) is 5.32 Å². The summed E-state index contributed by atoms with van der Waals surface area (Å²) in [4.78, 5) is 25.6. The van der Waals surface area contributed by atoms with Crippen LogP contribution in [0.4, 0.5) is 10.5 Å². The summed E-state index contributed by atoms with van der Waals surface area (Å²) in [5.74, 6) is -1.04. The van der Waals surface area contributed by atoms with E-state index in [-0.39, 0.29) is 17.4 Å². The molecular weight excluding hydrogens is 398 g/mol. The summed E-state index contributed by atoms with van der Waals surface area (Å²) in [5, 5.41) is 12.3. The minimum absolute atomic E-state index is 0.0292. The number of anilines is 1. The van der Waals surface area contributed by atoms with E-state index in [0.29, 0.717) is 5.69 Å². The van der Waals surface area contributed by atoms with E-state index < -0.39 is 12.1 Å². The Morgan fingerprint density at radius 1 is 1.00 bits per heavy atom. The van der Waals surface area contributed by atoms with Crippen LogP contribution in [0.3, 0.4) is 0 Å². The highest BCUT2D eigenvalue weighted by atomic mass is 32.1. The predicted octanol–water partition coefficient (Wildman–Crippen LogP) is 5.69. The monoisotopic (exact) mass is 419 g/mol. The molecule has 0 radical (unpaired) electrons. The molecule has 3 aromatic rings. The van der Waals surface area contributed by atoms with E-state index in [4.69, 9.17) is 4.74 Å². The average molecular weight is 420 g/mol. The Balaban J connectivity index is 1.36. The van der Waals surface area contributed by atoms with E-state index in [9.17, 15) is 14.7 Å². The topological polar surface area (TPSA) is 75.6 Å². The van der Waals surface area contributed by atoms with Crippen LogP contribution in [0.2, 0.25) is 0 Å². The zero-order chi connectivity index (χ0) is 20.7. The zero-order valence-corrected chi connectivity index (χ0v) is 17.1. The third-order valence-electron chi connectivity index (χ3n) is 5.94. The Bertz CT molecular complexity index is 1100. The molecule has 1 heterocycles. The molecule has 2 aliphatic rings. The molecule has 0 unspecified atom stereocenters. The maximum absolute atomic E-state index is 12.6. The van der Waals surface area contributed by atoms with Crippen molar-refractivity contribution in [2.75, 3.05) is 11.9 Å². The molecular formula is C24H21NO4S. The summed E-state index contributed by atoms with van der Waals surface area (Å²) in [5.41, 5.74) is 6.00. The first-order valence-corrected chi connectivity index (χ1v) is 10.9. The number of carbonyl (C=O) groups excluding carboxylic acids is 1. The number of carboxylic acids is 1. The first kappa shape index (κ1) is 18.9. The van der Waals surface area contributed by atoms with Crippen LogP contribution in [0.15, 0.2) is 48.5 Å². The first-order chi connectivity index (χ1) is 14.6. The lowest BCUT2D eigenvalue weighted by Gasteiger charge is -2.16. The van der Waals surface area contributed by atoms with Gasteiger partial charge in [0.2, 0.25) is 0 Å². The fourth-order valence-electron chi connectivity index (χ4n) is 4.59. The summed E-state index contributed by atoms with van der Waals surface area (Å²) < 4.78 is 5.60. The van der Waals surface area contributed by atoms with Crippen molar-refractivity contribution in [1.29, 1.82) is 0 Å². The molecule has 0 saturated heterocycles. The van der Waals surface area contributed by atoms with Gasteiger partial charge in [0.15, 0.2) is 0 Å². The van der Waals surface area contributed by atoms with E-state index in [2.05, 4.69) is 29.6 Å². The van der Waals surface area contributed by atoms with Crippen LogP contribution in [-0.2, 0) is 17.6 Å². The van der Waals surface area contributed by atoms with Gasteiger partial charge in [0.05, 0.1) is 5.69 Å². The van der Waals surface area contributed by atoms with E-state index in [1.54, 1.807) is 0 Å². The summed E-state index contributed by atoms with van der Waals surface area (Å²) in [6.07, 6.45) is 3.11. The van der Waals surface area contributed by atoms with E-state index >= 15 is 0 Å². The molecule has 2 aromatic carbocycles. The fraction of sp³-hybridized carbons (Fsp3) is 0.250. The quantitative estimate of drug-likeness (QED) is 0.570. The van der Waals surface area contributed by atoms with Crippen LogP contribution < -0.4 is 5.32 Å². The highest BCUT2D eigenvalue weighted by molar-refractivity contribution is 7.14. The standard InChI is InChI=1S/C24H21NO4S/c26-23(27)22-21(18-11-5-6-12-20(18)30-22)25-24(28)29-13-19-16-9-3-1-7-14(16)15-8-2-4-10-17(15)19/h1-4,7-10,19H,5-6,11-13H2,(H,25,28)(H,26,27). The average Bonchev–Trinajstić information content (AvgIpc) is 3.29. The van der Waals surface area contributed by atoms with E-state index in [1.807, 2.05) is 24.3 Å². The molecule has 0 fully saturated rings. The van der Waals surface area contributed by atoms with Crippen molar-refractivity contribution in [1.82, 2.24) is 0 Å². The smallest absolute Gasteiger partial charge is 0.411 e. The number of rotatable bonds is 4. The molecule has 152 valence electrons. The van der Waals surface area contributed by atoms with Crippen molar-refractivity contribution in [3.63, 3.8) is 0 Å². The van der Waals surface area contributed by atoms with Gasteiger partial charge in [0, 0.05) is 10.8 Å². The number of amides is 1. The number of carboxylic acid groups (broad SMARTS) is 1. The van der Waals surface area contributed by atoms with Crippen molar-refractivity contribution < 1.29 is 19.4 Å². The molecule has 0 bridgehead atoms. The van der Waals surface area contributed by atoms with Gasteiger partial charge in [0.25, 0.3) is 0 Å². The number of aryl methyl sites for hydroxylation is 1. The Morgan fingerprint density at radius 3 is 2.30 bits per heavy atom. The number of hydrogen-bond donors (Lipinski definition) is 2. The fourth-order valence-corrected chi connectivity index (χ4v) is 5.77. The first-order valence-electron chi connectivity index (χ1n) is 10.1. The molecule has 5 rings (SSSR count). The number of carbonyl (C=O) groups is 2. The Kier molecular flexibility index (Phi) is 4.79. The maximum Gasteiger partial charge on any atom is 0.411 e. The van der Waals surface area contributed by atoms with Crippen LogP contribution in [-0.4, -0.2) is 23.8 Å². The van der Waals surface area contributed by atoms with Crippen molar-refractivity contribution in [3.8, 4) is 11.1 Å². The normalized spacial score (nSPS) is 14.5. The highest BCUT2D eigenvalue weighted by Crippen LogP contribution is 2.44. The van der Waals surface area contributed by atoms with Gasteiger partial charge in [-0.15, -0.1) is 11.3 Å². The summed E-state index contributed by atoms with van der Waals surface area (Å²) in [6.45, 7) is 0.203. The summed E-state index contributed by atoms with van der Waals surface area (Å²) in [6, 6.07) is 16.3. The number of benzene rings is 2. The Labute approximate surface area is 178 Å². The second-order valence-electron chi connectivity index (χ2n) is 7.67. The molecule has 6 heteroatoms. The van der Waals surface area contributed by atoms with Crippen molar-refractivity contribution in [3.05, 3.63) is 75.0 Å². The second-order valence-corrected chi connectivity index (χ2v) is 8.78. The number of thiophene rings is 1. The molecule has 1 aromatic heterocycles. The molecule has 0 saturated carbocycles. The molecule has 0 atom stereocenters. The van der Waals surface area contributed by atoms with Crippen LogP contribution in [0.5, 0.6) is 0 Å². The van der Waals surface area contributed by atoms with Crippen LogP contribution in [0.1, 0.15) is 50.0 Å². The molecule has 0 spiro atoms. The number of ether oxygens (including phenoxy) is 1. The minimum atomic E-state index is -1.01. The van der Waals surface area contributed by atoms with Crippen molar-refractivity contribution >= 4 is 29.1 Å². The SMILES string of the molecule is O=C(Nc1c(C(=O)O)sc2c1CCCC2)OCC1c2ccccc2-c2ccccc21. The third-order valence-corrected chi connectivity index (χ3v) is 7.22. The lowest BCUT2D eigenvalue weighted by Crippen LogP contribution is -2.19. The van der Waals surface area contributed by atoms with Gasteiger partial charge >= 0.3 is 12.1 Å². The highest BCUT2D eigenvalue weighted by Gasteiger charge is 2.30. The van der Waals surface area contributed by atoms with Crippen molar-refractivity contribution in [2.45, 2.75) is 31.6 Å². The number of hydrogen-bond acceptors (Lipinski definition) is 4. The summed E-state index contributed by atoms with van der Waals surface area (Å²) >= 11 is 1.27. The van der Waals surface area contributed by atoms with Crippen LogP contribution in [0, 0.1) is 0 Å². The Morgan fingerprint density at radius 2 is 1.63 bits per heavy atom. The summed E-state index contributed by atoms with van der Waals surface area (Å²) in [7, 11) is 0. The van der Waals surface area contributed by atoms with Crippen molar-refractivity contribution in [2.24, 2.45) is 0 Å². The third kappa shape index (κ3) is 3.17. The predicted molar refractivity (Wildman–Crippen MR) is 117 cm³/mol. The largest absolute Gasteiger partial charge is 0.477 e.